The molecule has 0 aliphatic carbocycles. The Morgan fingerprint density at radius 2 is 1.44 bits per heavy atom. The first-order valence-corrected chi connectivity index (χ1v) is 12.0. The van der Waals surface area contributed by atoms with Crippen LogP contribution in [0.3, 0.4) is 0 Å². The van der Waals surface area contributed by atoms with Crippen molar-refractivity contribution in [2.75, 3.05) is 26.9 Å². The Bertz CT molecular complexity index is 872. The smallest absolute Gasteiger partial charge is 0.468 e. The molecule has 0 spiro atoms. The van der Waals surface area contributed by atoms with Crippen LogP contribution in [0.15, 0.2) is 18.2 Å². The molecule has 1 aromatic carbocycles. The molecule has 0 aliphatic rings. The highest BCUT2D eigenvalue weighted by molar-refractivity contribution is 5.81. The quantitative estimate of drug-likeness (QED) is 0.206. The Morgan fingerprint density at radius 1 is 0.833 bits per heavy atom. The number of benzene rings is 1. The number of ether oxygens (including phenoxy) is 6. The highest BCUT2D eigenvalue weighted by Gasteiger charge is 2.36. The van der Waals surface area contributed by atoms with Crippen LogP contribution in [0.5, 0.6) is 11.5 Å². The van der Waals surface area contributed by atoms with Crippen LogP contribution in [0, 0.1) is 0 Å². The van der Waals surface area contributed by atoms with Crippen LogP contribution in [0.4, 0.5) is 9.59 Å². The molecule has 1 rings (SSSR count). The number of hydrogen-bond donors (Lipinski definition) is 1. The SMILES string of the molecule is CCCCC(=O)OCC[C@@](N)(Cc1ccc(OC(=O)OCCC)c(OC(=O)OCCC)c1)C(=O)OC. The summed E-state index contributed by atoms with van der Waals surface area (Å²) < 4.78 is 30.3. The summed E-state index contributed by atoms with van der Waals surface area (Å²) in [5, 5.41) is 0. The molecule has 0 saturated carbocycles. The molecule has 0 aromatic heterocycles. The summed E-state index contributed by atoms with van der Waals surface area (Å²) in [4.78, 5) is 48.3. The fraction of sp³-hybridized carbons (Fsp3) is 0.600. The lowest BCUT2D eigenvalue weighted by Gasteiger charge is -2.26. The van der Waals surface area contributed by atoms with Gasteiger partial charge in [-0.3, -0.25) is 9.59 Å². The lowest BCUT2D eigenvalue weighted by atomic mass is 9.88. The number of esters is 2. The van der Waals surface area contributed by atoms with Gasteiger partial charge >= 0.3 is 24.2 Å². The molecule has 0 bridgehead atoms. The number of rotatable bonds is 15. The summed E-state index contributed by atoms with van der Waals surface area (Å²) in [6.45, 7) is 5.82. The predicted molar refractivity (Wildman–Crippen MR) is 129 cm³/mol. The summed E-state index contributed by atoms with van der Waals surface area (Å²) in [6.07, 6.45) is 0.999. The second-order valence-electron chi connectivity index (χ2n) is 8.08. The number of hydrogen-bond acceptors (Lipinski definition) is 11. The maximum atomic E-state index is 12.5. The van der Waals surface area contributed by atoms with E-state index in [9.17, 15) is 19.2 Å². The summed E-state index contributed by atoms with van der Waals surface area (Å²) in [7, 11) is 1.20. The van der Waals surface area contributed by atoms with Crippen molar-refractivity contribution in [1.29, 1.82) is 0 Å². The molecular weight excluding hydrogens is 474 g/mol. The molecule has 36 heavy (non-hydrogen) atoms. The summed E-state index contributed by atoms with van der Waals surface area (Å²) in [5.74, 6) is -1.29. The van der Waals surface area contributed by atoms with Crippen LogP contribution in [0.2, 0.25) is 0 Å². The molecular formula is C25H37NO10. The highest BCUT2D eigenvalue weighted by atomic mass is 16.7. The summed E-state index contributed by atoms with van der Waals surface area (Å²) >= 11 is 0. The van der Waals surface area contributed by atoms with Gasteiger partial charge in [-0.2, -0.15) is 0 Å². The third-order valence-electron chi connectivity index (χ3n) is 4.90. The number of carbonyl (C=O) groups is 4. The van der Waals surface area contributed by atoms with Gasteiger partial charge in [0.25, 0.3) is 0 Å². The van der Waals surface area contributed by atoms with Crippen LogP contribution in [0.1, 0.15) is 64.9 Å². The molecule has 11 nitrogen and oxygen atoms in total. The first-order chi connectivity index (χ1) is 17.2. The topological polar surface area (TPSA) is 150 Å². The van der Waals surface area contributed by atoms with Crippen molar-refractivity contribution in [2.24, 2.45) is 5.73 Å². The van der Waals surface area contributed by atoms with Crippen molar-refractivity contribution in [3.05, 3.63) is 23.8 Å². The Morgan fingerprint density at radius 3 is 2.00 bits per heavy atom. The van der Waals surface area contributed by atoms with E-state index >= 15 is 0 Å². The van der Waals surface area contributed by atoms with Crippen LogP contribution in [0.25, 0.3) is 0 Å². The average molecular weight is 512 g/mol. The Hall–Kier alpha value is -3.34. The Labute approximate surface area is 211 Å². The number of nitrogens with two attached hydrogens (primary N) is 1. The first-order valence-electron chi connectivity index (χ1n) is 12.0. The zero-order chi connectivity index (χ0) is 27.0. The third-order valence-corrected chi connectivity index (χ3v) is 4.90. The van der Waals surface area contributed by atoms with Gasteiger partial charge in [-0.1, -0.05) is 33.3 Å². The van der Waals surface area contributed by atoms with Gasteiger partial charge in [0.2, 0.25) is 0 Å². The normalized spacial score (nSPS) is 12.1. The van der Waals surface area contributed by atoms with Gasteiger partial charge in [0.15, 0.2) is 11.5 Å². The maximum Gasteiger partial charge on any atom is 0.513 e. The van der Waals surface area contributed by atoms with E-state index in [2.05, 4.69) is 0 Å². The molecule has 0 aliphatic heterocycles. The van der Waals surface area contributed by atoms with Crippen LogP contribution >= 0.6 is 0 Å². The van der Waals surface area contributed by atoms with E-state index in [4.69, 9.17) is 34.2 Å². The highest BCUT2D eigenvalue weighted by Crippen LogP contribution is 2.31. The zero-order valence-corrected chi connectivity index (χ0v) is 21.5. The maximum absolute atomic E-state index is 12.5. The van der Waals surface area contributed by atoms with Crippen molar-refractivity contribution in [3.8, 4) is 11.5 Å². The predicted octanol–water partition coefficient (Wildman–Crippen LogP) is 4.07. The molecule has 0 unspecified atom stereocenters. The molecule has 0 amide bonds. The first kappa shape index (κ1) is 30.7. The van der Waals surface area contributed by atoms with Gasteiger partial charge in [-0.25, -0.2) is 9.59 Å². The number of carbonyl (C=O) groups excluding carboxylic acids is 4. The van der Waals surface area contributed by atoms with Gasteiger partial charge in [0.1, 0.15) is 5.54 Å². The van der Waals surface area contributed by atoms with Gasteiger partial charge in [-0.15, -0.1) is 0 Å². The standard InChI is InChI=1S/C25H37NO10/c1-5-8-9-21(27)32-15-12-25(26,22(28)31-4)17-18-10-11-19(35-23(29)33-13-6-2)20(16-18)36-24(30)34-14-7-3/h10-11,16H,5-9,12-15,17,26H2,1-4H3/t25-/m1/s1. The van der Waals surface area contributed by atoms with Gasteiger partial charge < -0.3 is 34.2 Å². The largest absolute Gasteiger partial charge is 0.513 e. The number of methoxy groups -OCH3 is 1. The van der Waals surface area contributed by atoms with Crippen molar-refractivity contribution >= 4 is 24.2 Å². The molecule has 1 aromatic rings. The zero-order valence-electron chi connectivity index (χ0n) is 21.5. The second kappa shape index (κ2) is 16.4. The second-order valence-corrected chi connectivity index (χ2v) is 8.08. The molecule has 2 N–H and O–H groups in total. The van der Waals surface area contributed by atoms with Gasteiger partial charge in [0.05, 0.1) is 26.9 Å². The lowest BCUT2D eigenvalue weighted by Crippen LogP contribution is -2.51. The molecule has 0 radical (unpaired) electrons. The van der Waals surface area contributed by atoms with Crippen molar-refractivity contribution in [1.82, 2.24) is 0 Å². The fourth-order valence-corrected chi connectivity index (χ4v) is 3.01. The van der Waals surface area contributed by atoms with E-state index in [1.165, 1.54) is 19.2 Å². The molecule has 0 saturated heterocycles. The lowest BCUT2D eigenvalue weighted by molar-refractivity contribution is -0.151. The van der Waals surface area contributed by atoms with E-state index < -0.39 is 23.8 Å². The molecule has 1 atom stereocenters. The van der Waals surface area contributed by atoms with E-state index in [1.807, 2.05) is 20.8 Å². The minimum absolute atomic E-state index is 0.00609. The van der Waals surface area contributed by atoms with Crippen LogP contribution in [-0.2, 0) is 35.0 Å². The van der Waals surface area contributed by atoms with E-state index in [1.54, 1.807) is 6.07 Å². The van der Waals surface area contributed by atoms with Crippen molar-refractivity contribution < 1.29 is 47.6 Å². The fourth-order valence-electron chi connectivity index (χ4n) is 3.01. The van der Waals surface area contributed by atoms with Gasteiger partial charge in [-0.05, 0) is 37.0 Å². The Kier molecular flexibility index (Phi) is 13.9. The molecule has 11 heteroatoms. The van der Waals surface area contributed by atoms with Gasteiger partial charge in [0, 0.05) is 19.3 Å². The van der Waals surface area contributed by atoms with Crippen molar-refractivity contribution in [3.63, 3.8) is 0 Å². The molecule has 0 heterocycles. The average Bonchev–Trinajstić information content (AvgIpc) is 2.85. The minimum atomic E-state index is -1.54. The summed E-state index contributed by atoms with van der Waals surface area (Å²) in [6, 6.07) is 4.32. The monoisotopic (exact) mass is 511 g/mol. The van der Waals surface area contributed by atoms with E-state index in [-0.39, 0.29) is 56.6 Å². The summed E-state index contributed by atoms with van der Waals surface area (Å²) in [5.41, 5.74) is 5.28. The third kappa shape index (κ3) is 10.9. The molecule has 202 valence electrons. The van der Waals surface area contributed by atoms with E-state index in [0.29, 0.717) is 24.8 Å². The van der Waals surface area contributed by atoms with Crippen LogP contribution in [-0.4, -0.2) is 56.7 Å². The Balaban J connectivity index is 3.09. The minimum Gasteiger partial charge on any atom is -0.468 e. The number of unbranched alkanes of at least 4 members (excludes halogenated alkanes) is 1. The van der Waals surface area contributed by atoms with Crippen molar-refractivity contribution in [2.45, 2.75) is 71.3 Å². The van der Waals surface area contributed by atoms with E-state index in [0.717, 1.165) is 6.42 Å². The molecule has 0 fully saturated rings. The van der Waals surface area contributed by atoms with Crippen LogP contribution < -0.4 is 15.2 Å².